The molecule has 0 spiro atoms. The molecule has 32 heavy (non-hydrogen) atoms. The van der Waals surface area contributed by atoms with Crippen molar-refractivity contribution >= 4 is 28.2 Å². The second-order valence-electron chi connectivity index (χ2n) is 8.10. The van der Waals surface area contributed by atoms with Crippen molar-refractivity contribution in [3.05, 3.63) is 75.6 Å². The molecular formula is C25H27F2N3O2. The van der Waals surface area contributed by atoms with E-state index in [4.69, 9.17) is 0 Å². The zero-order valence-electron chi connectivity index (χ0n) is 18.6. The number of alkyl halides is 2. The Hall–Kier alpha value is -3.35. The van der Waals surface area contributed by atoms with Gasteiger partial charge >= 0.3 is 0 Å². The Bertz CT molecular complexity index is 1230. The van der Waals surface area contributed by atoms with Crippen LogP contribution in [0.15, 0.2) is 58.4 Å². The number of rotatable bonds is 7. The maximum Gasteiger partial charge on any atom is 0.283 e. The number of aryl methyl sites for hydroxylation is 1. The van der Waals surface area contributed by atoms with Gasteiger partial charge in [0, 0.05) is 48.1 Å². The van der Waals surface area contributed by atoms with Crippen molar-refractivity contribution < 1.29 is 13.6 Å². The predicted octanol–water partition coefficient (Wildman–Crippen LogP) is 5.54. The van der Waals surface area contributed by atoms with E-state index in [1.165, 1.54) is 12.1 Å². The maximum atomic E-state index is 14.1. The summed E-state index contributed by atoms with van der Waals surface area (Å²) in [6, 6.07) is 11.7. The fourth-order valence-corrected chi connectivity index (χ4v) is 3.45. The molecule has 0 aliphatic heterocycles. The van der Waals surface area contributed by atoms with Crippen LogP contribution in [0.5, 0.6) is 0 Å². The molecular weight excluding hydrogens is 412 g/mol. The summed E-state index contributed by atoms with van der Waals surface area (Å²) in [6.45, 7) is 6.44. The molecule has 5 nitrogen and oxygen atoms in total. The number of fused-ring (bicyclic) bond motifs is 1. The molecule has 0 saturated carbocycles. The second kappa shape index (κ2) is 9.42. The average Bonchev–Trinajstić information content (AvgIpc) is 2.75. The first-order valence-electron chi connectivity index (χ1n) is 10.6. The Morgan fingerprint density at radius 3 is 2.62 bits per heavy atom. The molecule has 0 radical (unpaired) electrons. The number of aromatic amines is 1. The number of halogens is 2. The van der Waals surface area contributed by atoms with Crippen molar-refractivity contribution in [1.82, 2.24) is 10.3 Å². The highest BCUT2D eigenvalue weighted by molar-refractivity contribution is 5.97. The van der Waals surface area contributed by atoms with E-state index in [9.17, 15) is 18.4 Å². The zero-order valence-corrected chi connectivity index (χ0v) is 18.6. The molecule has 1 aromatic heterocycles. The van der Waals surface area contributed by atoms with Crippen molar-refractivity contribution in [3.8, 4) is 0 Å². The molecule has 1 atom stereocenters. The molecule has 0 saturated heterocycles. The summed E-state index contributed by atoms with van der Waals surface area (Å²) in [4.78, 5) is 31.8. The minimum absolute atomic E-state index is 0.0727. The lowest BCUT2D eigenvalue weighted by Crippen LogP contribution is -2.30. The van der Waals surface area contributed by atoms with Gasteiger partial charge < -0.3 is 10.3 Å². The fraction of sp³-hybridized carbons (Fsp3) is 0.320. The third kappa shape index (κ3) is 5.28. The van der Waals surface area contributed by atoms with E-state index in [2.05, 4.69) is 15.3 Å². The monoisotopic (exact) mass is 439 g/mol. The van der Waals surface area contributed by atoms with Crippen LogP contribution in [0, 0.1) is 12.8 Å². The molecule has 3 aromatic rings. The normalized spacial score (nSPS) is 13.2. The van der Waals surface area contributed by atoms with Crippen molar-refractivity contribution in [1.29, 1.82) is 0 Å². The van der Waals surface area contributed by atoms with E-state index in [0.717, 1.165) is 12.5 Å². The van der Waals surface area contributed by atoms with Crippen molar-refractivity contribution in [2.75, 3.05) is 0 Å². The minimum Gasteiger partial charge on any atom is -0.361 e. The second-order valence-corrected chi connectivity index (χ2v) is 8.10. The molecule has 0 bridgehead atoms. The molecule has 0 aliphatic rings. The Labute approximate surface area is 185 Å². The number of amides is 1. The third-order valence-corrected chi connectivity index (χ3v) is 5.52. The van der Waals surface area contributed by atoms with Gasteiger partial charge in [0.05, 0.1) is 11.4 Å². The number of nitrogens with zero attached hydrogens (tertiary/aromatic N) is 1. The van der Waals surface area contributed by atoms with E-state index in [0.29, 0.717) is 34.1 Å². The van der Waals surface area contributed by atoms with Crippen LogP contribution in [0.25, 0.3) is 10.9 Å². The van der Waals surface area contributed by atoms with Gasteiger partial charge in [0.1, 0.15) is 0 Å². The maximum absolute atomic E-state index is 14.1. The van der Waals surface area contributed by atoms with Gasteiger partial charge in [-0.25, -0.2) is 8.78 Å². The van der Waals surface area contributed by atoms with Gasteiger partial charge in [-0.15, -0.1) is 0 Å². The molecule has 7 heteroatoms. The summed E-state index contributed by atoms with van der Waals surface area (Å²) in [5.74, 6) is -3.76. The molecule has 168 valence electrons. The number of hydrogen-bond donors (Lipinski definition) is 2. The summed E-state index contributed by atoms with van der Waals surface area (Å²) in [5, 5.41) is 3.41. The van der Waals surface area contributed by atoms with Crippen LogP contribution >= 0.6 is 0 Å². The largest absolute Gasteiger partial charge is 0.361 e. The Morgan fingerprint density at radius 2 is 1.94 bits per heavy atom. The highest BCUT2D eigenvalue weighted by Crippen LogP contribution is 2.28. The molecule has 1 amide bonds. The van der Waals surface area contributed by atoms with Gasteiger partial charge in [-0.05, 0) is 48.7 Å². The summed E-state index contributed by atoms with van der Waals surface area (Å²) < 4.78 is 28.2. The molecule has 3 rings (SSSR count). The number of carbonyl (C=O) groups is 1. The van der Waals surface area contributed by atoms with Crippen LogP contribution in [-0.4, -0.2) is 22.5 Å². The van der Waals surface area contributed by atoms with E-state index >= 15 is 0 Å². The number of benzene rings is 2. The van der Waals surface area contributed by atoms with E-state index in [-0.39, 0.29) is 29.5 Å². The quantitative estimate of drug-likeness (QED) is 0.474. The van der Waals surface area contributed by atoms with Crippen LogP contribution in [-0.2, 0) is 6.54 Å². The SMILES string of the molecule is CCC(C)C(=Nc1cc(C(=O)NCc2ccc3c(=O)cc[nH]c3c2)ccc1C)C(C)(F)F. The molecule has 1 unspecified atom stereocenters. The van der Waals surface area contributed by atoms with Gasteiger partial charge in [0.15, 0.2) is 5.43 Å². The van der Waals surface area contributed by atoms with Gasteiger partial charge in [-0.3, -0.25) is 14.6 Å². The van der Waals surface area contributed by atoms with E-state index < -0.39 is 5.92 Å². The zero-order chi connectivity index (χ0) is 23.5. The molecule has 1 heterocycles. The van der Waals surface area contributed by atoms with Gasteiger partial charge in [-0.1, -0.05) is 26.0 Å². The first-order valence-corrected chi connectivity index (χ1v) is 10.6. The number of aliphatic imine (C=N–C) groups is 1. The molecule has 0 aliphatic carbocycles. The highest BCUT2D eigenvalue weighted by atomic mass is 19.3. The van der Waals surface area contributed by atoms with Crippen LogP contribution in [0.4, 0.5) is 14.5 Å². The first kappa shape index (κ1) is 23.3. The molecule has 2 N–H and O–H groups in total. The predicted molar refractivity (Wildman–Crippen MR) is 124 cm³/mol. The summed E-state index contributed by atoms with van der Waals surface area (Å²) >= 11 is 0. The Balaban J connectivity index is 1.82. The van der Waals surface area contributed by atoms with Crippen LogP contribution in [0.2, 0.25) is 0 Å². The Kier molecular flexibility index (Phi) is 6.87. The van der Waals surface area contributed by atoms with Crippen molar-refractivity contribution in [2.24, 2.45) is 10.9 Å². The van der Waals surface area contributed by atoms with E-state index in [1.807, 2.05) is 13.0 Å². The van der Waals surface area contributed by atoms with Crippen LogP contribution in [0.3, 0.4) is 0 Å². The lowest BCUT2D eigenvalue weighted by atomic mass is 9.97. The van der Waals surface area contributed by atoms with Gasteiger partial charge in [-0.2, -0.15) is 0 Å². The smallest absolute Gasteiger partial charge is 0.283 e. The lowest BCUT2D eigenvalue weighted by Gasteiger charge is -2.20. The van der Waals surface area contributed by atoms with Crippen molar-refractivity contribution in [2.45, 2.75) is 46.6 Å². The summed E-state index contributed by atoms with van der Waals surface area (Å²) in [5.41, 5.74) is 2.66. The topological polar surface area (TPSA) is 74.3 Å². The number of H-pyrrole nitrogens is 1. The fourth-order valence-electron chi connectivity index (χ4n) is 3.45. The van der Waals surface area contributed by atoms with E-state index in [1.54, 1.807) is 44.3 Å². The summed E-state index contributed by atoms with van der Waals surface area (Å²) in [6.07, 6.45) is 2.12. The number of nitrogens with one attached hydrogen (secondary N) is 2. The highest BCUT2D eigenvalue weighted by Gasteiger charge is 2.33. The average molecular weight is 440 g/mol. The van der Waals surface area contributed by atoms with Crippen molar-refractivity contribution in [3.63, 3.8) is 0 Å². The number of aromatic nitrogens is 1. The standard InChI is InChI=1S/C25H27F2N3O2/c1-5-15(2)23(25(4,26)27)30-20-13-18(8-6-16(20)3)24(32)29-14-17-7-9-19-21(12-17)28-11-10-22(19)31/h6-13,15H,5,14H2,1-4H3,(H,28,31)(H,29,32). The minimum atomic E-state index is -3.04. The van der Waals surface area contributed by atoms with Gasteiger partial charge in [0.2, 0.25) is 0 Å². The number of pyridine rings is 1. The first-order chi connectivity index (χ1) is 15.1. The van der Waals surface area contributed by atoms with Gasteiger partial charge in [0.25, 0.3) is 11.8 Å². The molecule has 0 fully saturated rings. The van der Waals surface area contributed by atoms with Crippen LogP contribution < -0.4 is 10.7 Å². The lowest BCUT2D eigenvalue weighted by molar-refractivity contribution is 0.0942. The van der Waals surface area contributed by atoms with Crippen LogP contribution in [0.1, 0.15) is 48.7 Å². The Morgan fingerprint density at radius 1 is 1.19 bits per heavy atom. The number of hydrogen-bond acceptors (Lipinski definition) is 3. The number of carbonyl (C=O) groups excluding carboxylic acids is 1. The third-order valence-electron chi connectivity index (χ3n) is 5.52. The summed E-state index contributed by atoms with van der Waals surface area (Å²) in [7, 11) is 0. The molecule has 2 aromatic carbocycles.